The van der Waals surface area contributed by atoms with Crippen LogP contribution < -0.4 is 9.47 Å². The summed E-state index contributed by atoms with van der Waals surface area (Å²) >= 11 is 5.68. The standard InChI is InChI=1S/C12H11ClN2O2/c1-16-12-9(3-2-6-14-12)8-17-10-4-5-11(13)15-7-10/h2-7H,8H2,1H3. The van der Waals surface area contributed by atoms with Crippen LogP contribution >= 0.6 is 11.6 Å². The molecule has 4 nitrogen and oxygen atoms in total. The summed E-state index contributed by atoms with van der Waals surface area (Å²) in [7, 11) is 1.58. The molecule has 2 heterocycles. The average Bonchev–Trinajstić information content (AvgIpc) is 2.38. The lowest BCUT2D eigenvalue weighted by molar-refractivity contribution is 0.293. The monoisotopic (exact) mass is 250 g/mol. The molecule has 0 spiro atoms. The van der Waals surface area contributed by atoms with Crippen LogP contribution in [-0.4, -0.2) is 17.1 Å². The van der Waals surface area contributed by atoms with Crippen LogP contribution in [-0.2, 0) is 6.61 Å². The van der Waals surface area contributed by atoms with Crippen LogP contribution in [0.1, 0.15) is 5.56 Å². The van der Waals surface area contributed by atoms with Gasteiger partial charge in [0, 0.05) is 6.20 Å². The highest BCUT2D eigenvalue weighted by atomic mass is 35.5. The SMILES string of the molecule is COc1ncccc1COc1ccc(Cl)nc1. The normalized spacial score (nSPS) is 10.0. The van der Waals surface area contributed by atoms with Crippen LogP contribution in [0.15, 0.2) is 36.7 Å². The number of rotatable bonds is 4. The molecule has 0 radical (unpaired) electrons. The van der Waals surface area contributed by atoms with Gasteiger partial charge in [-0.3, -0.25) is 0 Å². The molecule has 2 aromatic rings. The molecule has 0 aliphatic carbocycles. The van der Waals surface area contributed by atoms with E-state index in [1.54, 1.807) is 31.6 Å². The van der Waals surface area contributed by atoms with Crippen molar-refractivity contribution < 1.29 is 9.47 Å². The number of halogens is 1. The number of hydrogen-bond acceptors (Lipinski definition) is 4. The Hall–Kier alpha value is -1.81. The van der Waals surface area contributed by atoms with E-state index in [0.29, 0.717) is 23.4 Å². The number of methoxy groups -OCH3 is 1. The average molecular weight is 251 g/mol. The summed E-state index contributed by atoms with van der Waals surface area (Å²) in [4.78, 5) is 8.01. The first-order valence-corrected chi connectivity index (χ1v) is 5.39. The van der Waals surface area contributed by atoms with E-state index >= 15 is 0 Å². The molecule has 0 N–H and O–H groups in total. The van der Waals surface area contributed by atoms with Crippen molar-refractivity contribution in [1.29, 1.82) is 0 Å². The van der Waals surface area contributed by atoms with Gasteiger partial charge in [-0.1, -0.05) is 11.6 Å². The van der Waals surface area contributed by atoms with Gasteiger partial charge in [0.2, 0.25) is 5.88 Å². The Kier molecular flexibility index (Phi) is 3.77. The van der Waals surface area contributed by atoms with Crippen LogP contribution in [0.3, 0.4) is 0 Å². The number of hydrogen-bond donors (Lipinski definition) is 0. The maximum atomic E-state index is 5.68. The number of ether oxygens (including phenoxy) is 2. The fourth-order valence-corrected chi connectivity index (χ4v) is 1.44. The van der Waals surface area contributed by atoms with Crippen molar-refractivity contribution in [2.75, 3.05) is 7.11 Å². The quantitative estimate of drug-likeness (QED) is 0.783. The van der Waals surface area contributed by atoms with E-state index in [-0.39, 0.29) is 0 Å². The van der Waals surface area contributed by atoms with Crippen molar-refractivity contribution in [3.05, 3.63) is 47.4 Å². The molecule has 0 aliphatic rings. The van der Waals surface area contributed by atoms with Crippen molar-refractivity contribution in [2.45, 2.75) is 6.61 Å². The lowest BCUT2D eigenvalue weighted by atomic mass is 10.3. The Morgan fingerprint density at radius 2 is 2.12 bits per heavy atom. The van der Waals surface area contributed by atoms with Gasteiger partial charge < -0.3 is 9.47 Å². The fraction of sp³-hybridized carbons (Fsp3) is 0.167. The molecule has 0 saturated heterocycles. The minimum atomic E-state index is 0.375. The van der Waals surface area contributed by atoms with Crippen LogP contribution in [0.4, 0.5) is 0 Å². The molecule has 5 heteroatoms. The Morgan fingerprint density at radius 3 is 2.82 bits per heavy atom. The molecule has 0 bridgehead atoms. The molecule has 17 heavy (non-hydrogen) atoms. The van der Waals surface area contributed by atoms with Gasteiger partial charge in [-0.05, 0) is 24.3 Å². The minimum Gasteiger partial charge on any atom is -0.487 e. The highest BCUT2D eigenvalue weighted by molar-refractivity contribution is 6.29. The van der Waals surface area contributed by atoms with Crippen molar-refractivity contribution in [3.63, 3.8) is 0 Å². The Labute approximate surface area is 104 Å². The maximum absolute atomic E-state index is 5.68. The number of pyridine rings is 2. The molecular formula is C12H11ClN2O2. The third-order valence-electron chi connectivity index (χ3n) is 2.14. The summed E-state index contributed by atoms with van der Waals surface area (Å²) in [6, 6.07) is 7.17. The zero-order valence-electron chi connectivity index (χ0n) is 9.26. The molecule has 0 saturated carbocycles. The molecule has 0 aromatic carbocycles. The summed E-state index contributed by atoms with van der Waals surface area (Å²) < 4.78 is 10.7. The van der Waals surface area contributed by atoms with Crippen LogP contribution in [0.25, 0.3) is 0 Å². The van der Waals surface area contributed by atoms with Crippen LogP contribution in [0.2, 0.25) is 5.15 Å². The molecule has 0 fully saturated rings. The second kappa shape index (κ2) is 5.50. The molecule has 2 aromatic heterocycles. The van der Waals surface area contributed by atoms with Gasteiger partial charge in [0.15, 0.2) is 0 Å². The highest BCUT2D eigenvalue weighted by Crippen LogP contribution is 2.18. The Morgan fingerprint density at radius 1 is 1.24 bits per heavy atom. The fourth-order valence-electron chi connectivity index (χ4n) is 1.33. The molecule has 88 valence electrons. The van der Waals surface area contributed by atoms with Crippen molar-refractivity contribution in [1.82, 2.24) is 9.97 Å². The summed E-state index contributed by atoms with van der Waals surface area (Å²) in [5.74, 6) is 1.22. The van der Waals surface area contributed by atoms with E-state index in [9.17, 15) is 0 Å². The van der Waals surface area contributed by atoms with Gasteiger partial charge >= 0.3 is 0 Å². The summed E-state index contributed by atoms with van der Waals surface area (Å²) in [6.07, 6.45) is 3.25. The lowest BCUT2D eigenvalue weighted by Crippen LogP contribution is -2.00. The van der Waals surface area contributed by atoms with Crippen LogP contribution in [0, 0.1) is 0 Å². The zero-order chi connectivity index (χ0) is 12.1. The summed E-state index contributed by atoms with van der Waals surface area (Å²) in [5, 5.41) is 0.441. The van der Waals surface area contributed by atoms with E-state index < -0.39 is 0 Å². The molecule has 0 unspecified atom stereocenters. The second-order valence-corrected chi connectivity index (χ2v) is 3.66. The largest absolute Gasteiger partial charge is 0.487 e. The van der Waals surface area contributed by atoms with Gasteiger partial charge in [-0.2, -0.15) is 0 Å². The number of aromatic nitrogens is 2. The van der Waals surface area contributed by atoms with Gasteiger partial charge in [-0.25, -0.2) is 9.97 Å². The predicted molar refractivity (Wildman–Crippen MR) is 64.4 cm³/mol. The summed E-state index contributed by atoms with van der Waals surface area (Å²) in [6.45, 7) is 0.375. The first-order valence-electron chi connectivity index (χ1n) is 5.02. The van der Waals surface area contributed by atoms with Gasteiger partial charge in [0.25, 0.3) is 0 Å². The molecule has 0 atom stereocenters. The van der Waals surface area contributed by atoms with E-state index in [2.05, 4.69) is 9.97 Å². The maximum Gasteiger partial charge on any atom is 0.219 e. The lowest BCUT2D eigenvalue weighted by Gasteiger charge is -2.08. The molecule has 0 aliphatic heterocycles. The minimum absolute atomic E-state index is 0.375. The Bertz CT molecular complexity index is 488. The highest BCUT2D eigenvalue weighted by Gasteiger charge is 2.04. The summed E-state index contributed by atoms with van der Waals surface area (Å²) in [5.41, 5.74) is 0.880. The van der Waals surface area contributed by atoms with Crippen molar-refractivity contribution in [2.24, 2.45) is 0 Å². The molecular weight excluding hydrogens is 240 g/mol. The first kappa shape index (κ1) is 11.7. The first-order chi connectivity index (χ1) is 8.29. The second-order valence-electron chi connectivity index (χ2n) is 3.28. The third-order valence-corrected chi connectivity index (χ3v) is 2.36. The smallest absolute Gasteiger partial charge is 0.219 e. The van der Waals surface area contributed by atoms with E-state index in [4.69, 9.17) is 21.1 Å². The number of nitrogens with zero attached hydrogens (tertiary/aromatic N) is 2. The molecule has 2 rings (SSSR count). The van der Waals surface area contributed by atoms with Gasteiger partial charge in [-0.15, -0.1) is 0 Å². The van der Waals surface area contributed by atoms with E-state index in [1.807, 2.05) is 12.1 Å². The van der Waals surface area contributed by atoms with E-state index in [1.165, 1.54) is 0 Å². The van der Waals surface area contributed by atoms with Crippen molar-refractivity contribution in [3.8, 4) is 11.6 Å². The third kappa shape index (κ3) is 3.07. The van der Waals surface area contributed by atoms with Crippen LogP contribution in [0.5, 0.6) is 11.6 Å². The molecule has 0 amide bonds. The topological polar surface area (TPSA) is 44.2 Å². The Balaban J connectivity index is 2.04. The zero-order valence-corrected chi connectivity index (χ0v) is 10.0. The van der Waals surface area contributed by atoms with Crippen molar-refractivity contribution >= 4 is 11.6 Å². The van der Waals surface area contributed by atoms with Gasteiger partial charge in [0.1, 0.15) is 17.5 Å². The predicted octanol–water partition coefficient (Wildman–Crippen LogP) is 2.72. The van der Waals surface area contributed by atoms with E-state index in [0.717, 1.165) is 5.56 Å². The van der Waals surface area contributed by atoms with Gasteiger partial charge in [0.05, 0.1) is 18.9 Å².